The first kappa shape index (κ1) is 15.7. The van der Waals surface area contributed by atoms with Crippen molar-refractivity contribution in [3.8, 4) is 0 Å². The van der Waals surface area contributed by atoms with E-state index in [4.69, 9.17) is 0 Å². The molecule has 0 atom stereocenters. The normalized spacial score (nSPS) is 20.0. The fourth-order valence-electron chi connectivity index (χ4n) is 2.25. The molecule has 0 spiro atoms. The SMILES string of the molecule is CNCC(=O)N(C)C1CCC(C)(C)CC1.Cl. The van der Waals surface area contributed by atoms with Gasteiger partial charge in [-0.3, -0.25) is 4.79 Å². The van der Waals surface area contributed by atoms with Crippen LogP contribution in [0.2, 0.25) is 0 Å². The molecule has 1 rings (SSSR count). The van der Waals surface area contributed by atoms with Crippen LogP contribution in [-0.2, 0) is 4.79 Å². The summed E-state index contributed by atoms with van der Waals surface area (Å²) in [6.07, 6.45) is 4.77. The lowest BCUT2D eigenvalue weighted by molar-refractivity contribution is -0.131. The Morgan fingerprint density at radius 1 is 1.38 bits per heavy atom. The number of halogens is 1. The van der Waals surface area contributed by atoms with E-state index in [1.54, 1.807) is 0 Å². The molecule has 0 saturated heterocycles. The molecule has 0 heterocycles. The molecule has 3 nitrogen and oxygen atoms in total. The lowest BCUT2D eigenvalue weighted by atomic mass is 9.75. The Kier molecular flexibility index (Phi) is 6.34. The molecular formula is C12H25ClN2O. The minimum absolute atomic E-state index is 0. The van der Waals surface area contributed by atoms with Gasteiger partial charge in [0.25, 0.3) is 0 Å². The van der Waals surface area contributed by atoms with Gasteiger partial charge in [-0.25, -0.2) is 0 Å². The van der Waals surface area contributed by atoms with E-state index < -0.39 is 0 Å². The van der Waals surface area contributed by atoms with E-state index in [0.717, 1.165) is 12.8 Å². The Hall–Kier alpha value is -0.280. The summed E-state index contributed by atoms with van der Waals surface area (Å²) in [5.41, 5.74) is 0.476. The van der Waals surface area contributed by atoms with Gasteiger partial charge in [0.1, 0.15) is 0 Å². The number of carbonyl (C=O) groups is 1. The molecule has 16 heavy (non-hydrogen) atoms. The average molecular weight is 249 g/mol. The van der Waals surface area contributed by atoms with E-state index in [1.165, 1.54) is 12.8 Å². The first-order valence-corrected chi connectivity index (χ1v) is 5.86. The fraction of sp³-hybridized carbons (Fsp3) is 0.917. The Labute approximate surface area is 105 Å². The number of hydrogen-bond acceptors (Lipinski definition) is 2. The summed E-state index contributed by atoms with van der Waals surface area (Å²) in [5.74, 6) is 0.210. The van der Waals surface area contributed by atoms with Crippen molar-refractivity contribution >= 4 is 18.3 Å². The van der Waals surface area contributed by atoms with Crippen molar-refractivity contribution in [1.82, 2.24) is 10.2 Å². The number of rotatable bonds is 3. The van der Waals surface area contributed by atoms with Crippen molar-refractivity contribution < 1.29 is 4.79 Å². The third-order valence-electron chi connectivity index (χ3n) is 3.58. The van der Waals surface area contributed by atoms with Crippen LogP contribution in [0.4, 0.5) is 0 Å². The highest BCUT2D eigenvalue weighted by Crippen LogP contribution is 2.36. The van der Waals surface area contributed by atoms with E-state index in [1.807, 2.05) is 19.0 Å². The van der Waals surface area contributed by atoms with Crippen molar-refractivity contribution in [3.05, 3.63) is 0 Å². The molecule has 0 bridgehead atoms. The standard InChI is InChI=1S/C12H24N2O.ClH/c1-12(2)7-5-10(6-8-12)14(4)11(15)9-13-3;/h10,13H,5-9H2,1-4H3;1H. The number of carbonyl (C=O) groups excluding carboxylic acids is 1. The summed E-state index contributed by atoms with van der Waals surface area (Å²) in [6.45, 7) is 5.09. The largest absolute Gasteiger partial charge is 0.342 e. The van der Waals surface area contributed by atoms with Crippen LogP contribution >= 0.6 is 12.4 Å². The summed E-state index contributed by atoms with van der Waals surface area (Å²) < 4.78 is 0. The molecule has 1 N–H and O–H groups in total. The van der Waals surface area contributed by atoms with Gasteiger partial charge in [0.05, 0.1) is 6.54 Å². The van der Waals surface area contributed by atoms with Crippen LogP contribution in [0.15, 0.2) is 0 Å². The van der Waals surface area contributed by atoms with Crippen LogP contribution in [0, 0.1) is 5.41 Å². The van der Waals surface area contributed by atoms with Crippen molar-refractivity contribution in [2.45, 2.75) is 45.6 Å². The van der Waals surface area contributed by atoms with Crippen molar-refractivity contribution in [2.75, 3.05) is 20.6 Å². The zero-order valence-corrected chi connectivity index (χ0v) is 11.7. The van der Waals surface area contributed by atoms with Gasteiger partial charge >= 0.3 is 0 Å². The zero-order chi connectivity index (χ0) is 11.5. The second kappa shape index (κ2) is 6.45. The van der Waals surface area contributed by atoms with Gasteiger partial charge in [-0.05, 0) is 38.1 Å². The first-order chi connectivity index (χ1) is 6.96. The third-order valence-corrected chi connectivity index (χ3v) is 3.58. The minimum Gasteiger partial charge on any atom is -0.342 e. The topological polar surface area (TPSA) is 32.3 Å². The molecule has 1 fully saturated rings. The predicted octanol–water partition coefficient (Wildman–Crippen LogP) is 2.05. The molecule has 0 aliphatic heterocycles. The molecule has 1 aliphatic rings. The summed E-state index contributed by atoms with van der Waals surface area (Å²) in [7, 11) is 3.75. The number of likely N-dealkylation sites (N-methyl/N-ethyl adjacent to an activating group) is 2. The molecule has 1 aliphatic carbocycles. The molecule has 0 aromatic rings. The molecule has 4 heteroatoms. The maximum atomic E-state index is 11.7. The summed E-state index contributed by atoms with van der Waals surface area (Å²) >= 11 is 0. The Morgan fingerprint density at radius 2 is 1.88 bits per heavy atom. The van der Waals surface area contributed by atoms with Gasteiger partial charge in [-0.1, -0.05) is 13.8 Å². The molecule has 0 aromatic heterocycles. The highest BCUT2D eigenvalue weighted by atomic mass is 35.5. The second-order valence-corrected chi connectivity index (χ2v) is 5.43. The Bertz CT molecular complexity index is 221. The highest BCUT2D eigenvalue weighted by Gasteiger charge is 2.30. The monoisotopic (exact) mass is 248 g/mol. The second-order valence-electron chi connectivity index (χ2n) is 5.43. The van der Waals surface area contributed by atoms with Crippen LogP contribution in [0.5, 0.6) is 0 Å². The fourth-order valence-corrected chi connectivity index (χ4v) is 2.25. The molecule has 1 saturated carbocycles. The minimum atomic E-state index is 0. The number of hydrogen-bond donors (Lipinski definition) is 1. The van der Waals surface area contributed by atoms with E-state index in [9.17, 15) is 4.79 Å². The van der Waals surface area contributed by atoms with E-state index in [-0.39, 0.29) is 18.3 Å². The average Bonchev–Trinajstić information content (AvgIpc) is 2.17. The Morgan fingerprint density at radius 3 is 2.31 bits per heavy atom. The molecule has 1 amide bonds. The zero-order valence-electron chi connectivity index (χ0n) is 10.9. The third kappa shape index (κ3) is 4.30. The Balaban J connectivity index is 0.00000225. The maximum Gasteiger partial charge on any atom is 0.236 e. The number of nitrogens with zero attached hydrogens (tertiary/aromatic N) is 1. The van der Waals surface area contributed by atoms with Crippen LogP contribution in [0.1, 0.15) is 39.5 Å². The van der Waals surface area contributed by atoms with Gasteiger partial charge in [-0.15, -0.1) is 12.4 Å². The summed E-state index contributed by atoms with van der Waals surface area (Å²) in [4.78, 5) is 13.6. The van der Waals surface area contributed by atoms with Crippen molar-refractivity contribution in [1.29, 1.82) is 0 Å². The summed E-state index contributed by atoms with van der Waals surface area (Å²) in [5, 5.41) is 2.91. The molecule has 96 valence electrons. The van der Waals surface area contributed by atoms with Gasteiger partial charge in [0.2, 0.25) is 5.91 Å². The summed E-state index contributed by atoms with van der Waals surface area (Å²) in [6, 6.07) is 0.457. The van der Waals surface area contributed by atoms with E-state index in [2.05, 4.69) is 19.2 Å². The quantitative estimate of drug-likeness (QED) is 0.829. The van der Waals surface area contributed by atoms with Gasteiger partial charge < -0.3 is 10.2 Å². The van der Waals surface area contributed by atoms with E-state index in [0.29, 0.717) is 18.0 Å². The predicted molar refractivity (Wildman–Crippen MR) is 70.0 cm³/mol. The highest BCUT2D eigenvalue weighted by molar-refractivity contribution is 5.85. The smallest absolute Gasteiger partial charge is 0.236 e. The van der Waals surface area contributed by atoms with E-state index >= 15 is 0 Å². The van der Waals surface area contributed by atoms with Crippen LogP contribution in [0.3, 0.4) is 0 Å². The first-order valence-electron chi connectivity index (χ1n) is 5.86. The molecular weight excluding hydrogens is 224 g/mol. The van der Waals surface area contributed by atoms with Gasteiger partial charge in [0, 0.05) is 13.1 Å². The van der Waals surface area contributed by atoms with Crippen LogP contribution in [0.25, 0.3) is 0 Å². The van der Waals surface area contributed by atoms with Gasteiger partial charge in [0.15, 0.2) is 0 Å². The van der Waals surface area contributed by atoms with Crippen LogP contribution < -0.4 is 5.32 Å². The van der Waals surface area contributed by atoms with Crippen molar-refractivity contribution in [3.63, 3.8) is 0 Å². The number of nitrogens with one attached hydrogen (secondary N) is 1. The molecule has 0 unspecified atom stereocenters. The maximum absolute atomic E-state index is 11.7. The molecule has 0 aromatic carbocycles. The number of amides is 1. The molecule has 0 radical (unpaired) electrons. The van der Waals surface area contributed by atoms with Gasteiger partial charge in [-0.2, -0.15) is 0 Å². The van der Waals surface area contributed by atoms with Crippen molar-refractivity contribution in [2.24, 2.45) is 5.41 Å². The van der Waals surface area contributed by atoms with Crippen LogP contribution in [-0.4, -0.2) is 37.5 Å². The lowest BCUT2D eigenvalue weighted by Crippen LogP contribution is -2.43. The lowest BCUT2D eigenvalue weighted by Gasteiger charge is -2.38.